The summed E-state index contributed by atoms with van der Waals surface area (Å²) in [5, 5.41) is 18.3. The fourth-order valence-electron chi connectivity index (χ4n) is 1.13. The van der Waals surface area contributed by atoms with Gasteiger partial charge >= 0.3 is 0 Å². The Morgan fingerprint density at radius 1 is 0.900 bits per heavy atom. The summed E-state index contributed by atoms with van der Waals surface area (Å²) in [6.07, 6.45) is 6.33. The van der Waals surface area contributed by atoms with Gasteiger partial charge in [0.05, 0.1) is 12.2 Å². The largest absolute Gasteiger partial charge is 0.393 e. The van der Waals surface area contributed by atoms with Crippen molar-refractivity contribution >= 4 is 0 Å². The maximum atomic E-state index is 9.17. The zero-order valence-electron chi connectivity index (χ0n) is 6.03. The van der Waals surface area contributed by atoms with E-state index in [0.29, 0.717) is 0 Å². The van der Waals surface area contributed by atoms with E-state index >= 15 is 0 Å². The van der Waals surface area contributed by atoms with E-state index in [1.54, 1.807) is 0 Å². The van der Waals surface area contributed by atoms with E-state index in [9.17, 15) is 0 Å². The standard InChI is InChI=1S/C8H14O2/c9-7-3-1-2-4-8(10)6-5-7/h1-2,7-10H,3-6H2/b2-1-. The molecule has 0 saturated heterocycles. The summed E-state index contributed by atoms with van der Waals surface area (Å²) >= 11 is 0. The minimum atomic E-state index is -0.244. The van der Waals surface area contributed by atoms with Gasteiger partial charge in [0.2, 0.25) is 0 Å². The third-order valence-electron chi connectivity index (χ3n) is 1.82. The third-order valence-corrected chi connectivity index (χ3v) is 1.82. The molecular formula is C8H14O2. The minimum Gasteiger partial charge on any atom is -0.393 e. The summed E-state index contributed by atoms with van der Waals surface area (Å²) in [6, 6.07) is 0. The second kappa shape index (κ2) is 3.74. The van der Waals surface area contributed by atoms with Gasteiger partial charge in [0.25, 0.3) is 0 Å². The quantitative estimate of drug-likeness (QED) is 0.492. The molecule has 0 radical (unpaired) electrons. The number of aliphatic hydroxyl groups is 2. The molecule has 1 aliphatic rings. The predicted molar refractivity (Wildman–Crippen MR) is 39.6 cm³/mol. The van der Waals surface area contributed by atoms with Crippen LogP contribution in [0, 0.1) is 0 Å². The van der Waals surface area contributed by atoms with Gasteiger partial charge in [-0.05, 0) is 25.7 Å². The van der Waals surface area contributed by atoms with Crippen molar-refractivity contribution in [2.24, 2.45) is 0 Å². The molecule has 0 amide bonds. The molecule has 2 nitrogen and oxygen atoms in total. The summed E-state index contributed by atoms with van der Waals surface area (Å²) < 4.78 is 0. The van der Waals surface area contributed by atoms with Crippen LogP contribution in [-0.2, 0) is 0 Å². The summed E-state index contributed by atoms with van der Waals surface area (Å²) in [4.78, 5) is 0. The van der Waals surface area contributed by atoms with E-state index in [0.717, 1.165) is 25.7 Å². The van der Waals surface area contributed by atoms with Gasteiger partial charge in [-0.2, -0.15) is 0 Å². The highest BCUT2D eigenvalue weighted by atomic mass is 16.3. The molecule has 0 saturated carbocycles. The van der Waals surface area contributed by atoms with Crippen molar-refractivity contribution < 1.29 is 10.2 Å². The van der Waals surface area contributed by atoms with Crippen molar-refractivity contribution in [3.05, 3.63) is 12.2 Å². The Labute approximate surface area is 61.2 Å². The van der Waals surface area contributed by atoms with Crippen molar-refractivity contribution in [1.82, 2.24) is 0 Å². The minimum absolute atomic E-state index is 0.244. The molecule has 2 heteroatoms. The van der Waals surface area contributed by atoms with Crippen molar-refractivity contribution in [3.63, 3.8) is 0 Å². The summed E-state index contributed by atoms with van der Waals surface area (Å²) in [5.41, 5.74) is 0. The van der Waals surface area contributed by atoms with E-state index in [1.807, 2.05) is 12.2 Å². The van der Waals surface area contributed by atoms with Crippen LogP contribution in [0.1, 0.15) is 25.7 Å². The van der Waals surface area contributed by atoms with E-state index in [4.69, 9.17) is 10.2 Å². The first-order valence-corrected chi connectivity index (χ1v) is 3.80. The molecule has 2 atom stereocenters. The molecular weight excluding hydrogens is 128 g/mol. The molecule has 58 valence electrons. The van der Waals surface area contributed by atoms with Gasteiger partial charge in [-0.3, -0.25) is 0 Å². The SMILES string of the molecule is OC1C/C=C\CC(O)CC1. The van der Waals surface area contributed by atoms with E-state index in [2.05, 4.69) is 0 Å². The van der Waals surface area contributed by atoms with Gasteiger partial charge in [-0.15, -0.1) is 0 Å². The monoisotopic (exact) mass is 142 g/mol. The summed E-state index contributed by atoms with van der Waals surface area (Å²) in [6.45, 7) is 0. The van der Waals surface area contributed by atoms with Gasteiger partial charge in [-0.25, -0.2) is 0 Å². The zero-order valence-corrected chi connectivity index (χ0v) is 6.03. The Morgan fingerprint density at radius 3 is 1.70 bits per heavy atom. The van der Waals surface area contributed by atoms with Gasteiger partial charge in [0.15, 0.2) is 0 Å². The second-order valence-electron chi connectivity index (χ2n) is 2.83. The average molecular weight is 142 g/mol. The molecule has 0 bridgehead atoms. The van der Waals surface area contributed by atoms with Crippen LogP contribution in [0.3, 0.4) is 0 Å². The Morgan fingerprint density at radius 2 is 1.30 bits per heavy atom. The van der Waals surface area contributed by atoms with Crippen LogP contribution in [0.2, 0.25) is 0 Å². The Bertz CT molecular complexity index is 106. The Hall–Kier alpha value is -0.340. The molecule has 0 aromatic carbocycles. The maximum absolute atomic E-state index is 9.17. The molecule has 0 spiro atoms. The van der Waals surface area contributed by atoms with E-state index in [-0.39, 0.29) is 12.2 Å². The van der Waals surface area contributed by atoms with Crippen LogP contribution < -0.4 is 0 Å². The van der Waals surface area contributed by atoms with Crippen LogP contribution in [0.4, 0.5) is 0 Å². The maximum Gasteiger partial charge on any atom is 0.0575 e. The molecule has 2 unspecified atom stereocenters. The van der Waals surface area contributed by atoms with Crippen LogP contribution >= 0.6 is 0 Å². The number of hydrogen-bond donors (Lipinski definition) is 2. The van der Waals surface area contributed by atoms with Crippen LogP contribution in [0.15, 0.2) is 12.2 Å². The van der Waals surface area contributed by atoms with Crippen molar-refractivity contribution in [2.45, 2.75) is 37.9 Å². The number of aliphatic hydroxyl groups excluding tert-OH is 2. The lowest BCUT2D eigenvalue weighted by molar-refractivity contribution is 0.113. The predicted octanol–water partition coefficient (Wildman–Crippen LogP) is 0.838. The van der Waals surface area contributed by atoms with Gasteiger partial charge < -0.3 is 10.2 Å². The highest BCUT2D eigenvalue weighted by Gasteiger charge is 2.09. The van der Waals surface area contributed by atoms with Crippen LogP contribution in [-0.4, -0.2) is 22.4 Å². The third kappa shape index (κ3) is 2.50. The van der Waals surface area contributed by atoms with Gasteiger partial charge in [0, 0.05) is 0 Å². The van der Waals surface area contributed by atoms with E-state index < -0.39 is 0 Å². The van der Waals surface area contributed by atoms with Crippen molar-refractivity contribution in [2.75, 3.05) is 0 Å². The lowest BCUT2D eigenvalue weighted by Gasteiger charge is -2.14. The fraction of sp³-hybridized carbons (Fsp3) is 0.750. The Kier molecular flexibility index (Phi) is 2.90. The van der Waals surface area contributed by atoms with Crippen molar-refractivity contribution in [1.29, 1.82) is 0 Å². The zero-order chi connectivity index (χ0) is 7.40. The van der Waals surface area contributed by atoms with Crippen LogP contribution in [0.5, 0.6) is 0 Å². The number of hydrogen-bond acceptors (Lipinski definition) is 2. The first-order valence-electron chi connectivity index (χ1n) is 3.80. The van der Waals surface area contributed by atoms with Gasteiger partial charge in [0.1, 0.15) is 0 Å². The average Bonchev–Trinajstić information content (AvgIpc) is 1.90. The molecule has 0 heterocycles. The highest BCUT2D eigenvalue weighted by molar-refractivity contribution is 4.88. The molecule has 0 aromatic rings. The van der Waals surface area contributed by atoms with E-state index in [1.165, 1.54) is 0 Å². The first kappa shape index (κ1) is 7.76. The highest BCUT2D eigenvalue weighted by Crippen LogP contribution is 2.11. The Balaban J connectivity index is 2.37. The van der Waals surface area contributed by atoms with Crippen molar-refractivity contribution in [3.8, 4) is 0 Å². The molecule has 2 N–H and O–H groups in total. The first-order chi connectivity index (χ1) is 4.79. The normalized spacial score (nSPS) is 38.2. The lowest BCUT2D eigenvalue weighted by atomic mass is 10.0. The fourth-order valence-corrected chi connectivity index (χ4v) is 1.13. The summed E-state index contributed by atoms with van der Waals surface area (Å²) in [7, 11) is 0. The van der Waals surface area contributed by atoms with Crippen LogP contribution in [0.25, 0.3) is 0 Å². The molecule has 1 rings (SSSR count). The smallest absolute Gasteiger partial charge is 0.0575 e. The molecule has 0 fully saturated rings. The molecule has 0 aromatic heterocycles. The summed E-state index contributed by atoms with van der Waals surface area (Å²) in [5.74, 6) is 0. The van der Waals surface area contributed by atoms with Gasteiger partial charge in [-0.1, -0.05) is 12.2 Å². The molecule has 1 aliphatic carbocycles. The second-order valence-corrected chi connectivity index (χ2v) is 2.83. The molecule has 0 aliphatic heterocycles. The lowest BCUT2D eigenvalue weighted by Crippen LogP contribution is -2.13. The number of rotatable bonds is 0. The topological polar surface area (TPSA) is 40.5 Å². The molecule has 10 heavy (non-hydrogen) atoms.